The van der Waals surface area contributed by atoms with Crippen LogP contribution in [-0.2, 0) is 13.3 Å². The van der Waals surface area contributed by atoms with Crippen molar-refractivity contribution >= 4 is 8.80 Å². The first-order valence-corrected chi connectivity index (χ1v) is 12.8. The quantitative estimate of drug-likeness (QED) is 0.0643. The second kappa shape index (κ2) is 12.4. The molecule has 0 saturated carbocycles. The van der Waals surface area contributed by atoms with E-state index < -0.39 is 99.0 Å². The lowest BCUT2D eigenvalue weighted by atomic mass is 9.90. The molecule has 0 aliphatic heterocycles. The van der Waals surface area contributed by atoms with E-state index in [0.717, 1.165) is 0 Å². The summed E-state index contributed by atoms with van der Waals surface area (Å²) < 4.78 is 339. The minimum atomic E-state index is -9.42. The average Bonchev–Trinajstić information content (AvgIpc) is 2.86. The molecule has 0 saturated heterocycles. The largest absolute Gasteiger partial charge is 0.582 e. The molecule has 0 N–H and O–H groups in total. The molecule has 0 spiro atoms. The molecule has 0 bridgehead atoms. The topological polar surface area (TPSA) is 30.9 Å². The average molecular weight is 765 g/mol. The molecule has 0 amide bonds. The fourth-order valence-corrected chi connectivity index (χ4v) is 5.40. The van der Waals surface area contributed by atoms with Crippen molar-refractivity contribution in [1.82, 2.24) is 5.12 Å². The van der Waals surface area contributed by atoms with Crippen LogP contribution >= 0.6 is 0 Å². The molecule has 0 aromatic rings. The van der Waals surface area contributed by atoms with E-state index in [1.807, 2.05) is 0 Å². The summed E-state index contributed by atoms with van der Waals surface area (Å²) in [5.74, 6) is -63.1. The molecule has 0 aliphatic carbocycles. The van der Waals surface area contributed by atoms with Crippen LogP contribution < -0.4 is 0 Å². The van der Waals surface area contributed by atoms with Gasteiger partial charge < -0.3 is 13.3 Å². The third-order valence-electron chi connectivity index (χ3n) is 5.36. The summed E-state index contributed by atoms with van der Waals surface area (Å²) in [6.45, 7) is -2.00. The summed E-state index contributed by atoms with van der Waals surface area (Å²) >= 11 is 0. The maximum absolute atomic E-state index is 14.8. The van der Waals surface area contributed by atoms with Gasteiger partial charge >= 0.3 is 74.1 Å². The molecule has 0 heterocycles. The monoisotopic (exact) mass is 765 g/mol. The van der Waals surface area contributed by atoms with Crippen LogP contribution in [0.5, 0.6) is 0 Å². The first-order valence-electron chi connectivity index (χ1n) is 11.1. The van der Waals surface area contributed by atoms with Crippen molar-refractivity contribution < 1.29 is 119 Å². The molecule has 29 heteroatoms. The second-order valence-electron chi connectivity index (χ2n) is 8.31. The molecule has 0 unspecified atom stereocenters. The van der Waals surface area contributed by atoms with E-state index in [9.17, 15) is 105 Å². The van der Waals surface area contributed by atoms with E-state index in [2.05, 4.69) is 13.3 Å². The molecule has 278 valence electrons. The minimum absolute atomic E-state index is 0.620. The van der Waals surface area contributed by atoms with Crippen LogP contribution in [0.15, 0.2) is 0 Å². The van der Waals surface area contributed by atoms with E-state index in [0.29, 0.717) is 20.8 Å². The molecule has 0 fully saturated rings. The molecule has 0 radical (unpaired) electrons. The van der Waals surface area contributed by atoms with E-state index >= 15 is 0 Å². The van der Waals surface area contributed by atoms with Gasteiger partial charge in [0.2, 0.25) is 0 Å². The lowest BCUT2D eigenvalue weighted by Gasteiger charge is -2.45. The maximum Gasteiger partial charge on any atom is 0.582 e. The van der Waals surface area contributed by atoms with Crippen molar-refractivity contribution in [2.24, 2.45) is 0 Å². The lowest BCUT2D eigenvalue weighted by Crippen LogP contribution is -2.78. The second-order valence-corrected chi connectivity index (χ2v) is 10.9. The SMILES string of the molecule is CCO[Si](OCC)(OCC)C(F)(F)C(F)(F)C(F)(F)N(F)C(F)(F)C(F)(F)C(F)(F)C(F)(F)C(F)(F)C(F)(F)C(F)(F)C(F)(F)F. The van der Waals surface area contributed by atoms with Crippen molar-refractivity contribution in [3.05, 3.63) is 0 Å². The Morgan fingerprint density at radius 1 is 0.391 bits per heavy atom. The summed E-state index contributed by atoms with van der Waals surface area (Å²) in [7, 11) is -6.87. The predicted octanol–water partition coefficient (Wildman–Crippen LogP) is 8.59. The van der Waals surface area contributed by atoms with Gasteiger partial charge in [-0.2, -0.15) is 101 Å². The normalized spacial score (nSPS) is 16.4. The highest BCUT2D eigenvalue weighted by Crippen LogP contribution is 2.65. The van der Waals surface area contributed by atoms with Crippen LogP contribution in [0.2, 0.25) is 0 Å². The summed E-state index contributed by atoms with van der Waals surface area (Å²) in [6, 6.07) is -17.4. The molecule has 4 nitrogen and oxygen atoms in total. The van der Waals surface area contributed by atoms with Gasteiger partial charge in [-0.3, -0.25) is 0 Å². The van der Waals surface area contributed by atoms with Gasteiger partial charge in [-0.15, -0.1) is 4.48 Å². The van der Waals surface area contributed by atoms with Gasteiger partial charge in [-0.05, 0) is 25.9 Å². The molecule has 0 aliphatic rings. The van der Waals surface area contributed by atoms with Crippen molar-refractivity contribution in [3.63, 3.8) is 0 Å². The molecule has 0 atom stereocenters. The molecule has 46 heavy (non-hydrogen) atoms. The Bertz CT molecular complexity index is 1030. The Balaban J connectivity index is 7.36. The summed E-state index contributed by atoms with van der Waals surface area (Å²) in [4.78, 5) is 0. The third kappa shape index (κ3) is 5.75. The van der Waals surface area contributed by atoms with Crippen molar-refractivity contribution in [3.8, 4) is 0 Å². The van der Waals surface area contributed by atoms with Crippen LogP contribution in [0.4, 0.5) is 105 Å². The van der Waals surface area contributed by atoms with Crippen molar-refractivity contribution in [2.75, 3.05) is 19.8 Å². The Morgan fingerprint density at radius 2 is 0.630 bits per heavy atom. The van der Waals surface area contributed by atoms with Gasteiger partial charge in [-0.25, -0.2) is 0 Å². The highest BCUT2D eigenvalue weighted by atomic mass is 28.4. The highest BCUT2D eigenvalue weighted by Gasteiger charge is 2.97. The number of hydrogen-bond donors (Lipinski definition) is 0. The Labute approximate surface area is 239 Å². The van der Waals surface area contributed by atoms with E-state index in [1.165, 1.54) is 0 Å². The molecule has 0 aromatic heterocycles. The standard InChI is InChI=1S/C17H15F24NO3Si/c1-4-43-46(44-5-2,45-6-3)17(39,40)13(30,31)16(37,38)42(41)15(35,36)12(28,29)10(24,25)8(20,21)7(18,19)9(22,23)11(26,27)14(32,33)34/h4-6H2,1-3H3. The molecule has 0 aromatic carbocycles. The van der Waals surface area contributed by atoms with Gasteiger partial charge in [0.15, 0.2) is 0 Å². The van der Waals surface area contributed by atoms with Crippen LogP contribution in [-0.4, -0.2) is 99.0 Å². The highest BCUT2D eigenvalue weighted by molar-refractivity contribution is 6.63. The zero-order valence-corrected chi connectivity index (χ0v) is 22.9. The molecular formula is C17H15F24NO3Si. The van der Waals surface area contributed by atoms with Gasteiger partial charge in [0, 0.05) is 19.8 Å². The van der Waals surface area contributed by atoms with E-state index in [-0.39, 0.29) is 0 Å². The van der Waals surface area contributed by atoms with Gasteiger partial charge in [0.05, 0.1) is 0 Å². The van der Waals surface area contributed by atoms with Crippen LogP contribution in [0.1, 0.15) is 20.8 Å². The smallest absolute Gasteiger partial charge is 0.370 e. The van der Waals surface area contributed by atoms with E-state index in [4.69, 9.17) is 0 Å². The number of alkyl halides is 23. The van der Waals surface area contributed by atoms with Crippen LogP contribution in [0, 0.1) is 0 Å². The first kappa shape index (κ1) is 44.4. The third-order valence-corrected chi connectivity index (χ3v) is 8.45. The fraction of sp³-hybridized carbons (Fsp3) is 1.00. The number of halogens is 24. The van der Waals surface area contributed by atoms with Crippen LogP contribution in [0.3, 0.4) is 0 Å². The first-order chi connectivity index (χ1) is 19.8. The van der Waals surface area contributed by atoms with Crippen molar-refractivity contribution in [2.45, 2.75) is 86.0 Å². The lowest BCUT2D eigenvalue weighted by molar-refractivity contribution is -0.500. The Hall–Kier alpha value is -1.62. The Kier molecular flexibility index (Phi) is 11.9. The molecule has 0 rings (SSSR count). The van der Waals surface area contributed by atoms with E-state index in [1.54, 1.807) is 0 Å². The summed E-state index contributed by atoms with van der Waals surface area (Å²) in [5, 5.41) is -5.04. The van der Waals surface area contributed by atoms with Gasteiger partial charge in [0.25, 0.3) is 0 Å². The van der Waals surface area contributed by atoms with Gasteiger partial charge in [-0.1, -0.05) is 0 Å². The Morgan fingerprint density at radius 3 is 0.891 bits per heavy atom. The predicted molar refractivity (Wildman–Crippen MR) is 99.1 cm³/mol. The zero-order chi connectivity index (χ0) is 37.8. The number of rotatable bonds is 17. The fourth-order valence-electron chi connectivity index (χ4n) is 2.93. The van der Waals surface area contributed by atoms with Crippen LogP contribution in [0.25, 0.3) is 0 Å². The number of hydrogen-bond acceptors (Lipinski definition) is 4. The summed E-state index contributed by atoms with van der Waals surface area (Å²) in [5.41, 5.74) is -7.02. The van der Waals surface area contributed by atoms with Gasteiger partial charge in [0.1, 0.15) is 0 Å². The number of nitrogens with zero attached hydrogens (tertiary/aromatic N) is 1. The maximum atomic E-state index is 14.8. The van der Waals surface area contributed by atoms with Crippen molar-refractivity contribution in [1.29, 1.82) is 0 Å². The zero-order valence-electron chi connectivity index (χ0n) is 21.9. The molecular weight excluding hydrogens is 750 g/mol. The summed E-state index contributed by atoms with van der Waals surface area (Å²) in [6.07, 6.45) is -8.13. The minimum Gasteiger partial charge on any atom is -0.370 e.